The summed E-state index contributed by atoms with van der Waals surface area (Å²) >= 11 is 11.9. The molecule has 5 aromatic carbocycles. The minimum Gasteiger partial charge on any atom is -0.457 e. The van der Waals surface area contributed by atoms with Gasteiger partial charge in [0.05, 0.1) is 22.1 Å². The van der Waals surface area contributed by atoms with Crippen LogP contribution in [0, 0.1) is 0 Å². The molecule has 0 amide bonds. The number of rotatable bonds is 4. The molecule has 0 saturated heterocycles. The second-order valence-corrected chi connectivity index (χ2v) is 10.3. The van der Waals surface area contributed by atoms with Gasteiger partial charge < -0.3 is 19.4 Å². The van der Waals surface area contributed by atoms with Gasteiger partial charge in [0.2, 0.25) is 0 Å². The molecule has 0 unspecified atom stereocenters. The van der Waals surface area contributed by atoms with Crippen molar-refractivity contribution in [2.45, 2.75) is 0 Å². The highest BCUT2D eigenvalue weighted by Gasteiger charge is 2.13. The van der Waals surface area contributed by atoms with Crippen molar-refractivity contribution in [2.24, 2.45) is 0 Å². The molecule has 0 aliphatic carbocycles. The Hall–Kier alpha value is -4.78. The Morgan fingerprint density at radius 1 is 0.425 bits per heavy atom. The lowest BCUT2D eigenvalue weighted by Crippen LogP contribution is -2.08. The molecule has 0 saturated carbocycles. The van der Waals surface area contributed by atoms with Crippen LogP contribution in [0.4, 0.5) is 0 Å². The lowest BCUT2D eigenvalue weighted by atomic mass is 10.0. The molecule has 0 aliphatic rings. The Morgan fingerprint density at radius 2 is 0.775 bits per heavy atom. The van der Waals surface area contributed by atoms with E-state index >= 15 is 0 Å². The van der Waals surface area contributed by atoms with Gasteiger partial charge in [-0.15, -0.1) is 0 Å². The molecule has 7 rings (SSSR count). The van der Waals surface area contributed by atoms with E-state index in [9.17, 15) is 9.59 Å². The second-order valence-electron chi connectivity index (χ2n) is 9.38. The number of ether oxygens (including phenoxy) is 2. The van der Waals surface area contributed by atoms with Crippen molar-refractivity contribution in [3.05, 3.63) is 128 Å². The van der Waals surface area contributed by atoms with Gasteiger partial charge in [0.1, 0.15) is 23.0 Å². The summed E-state index contributed by atoms with van der Waals surface area (Å²) < 4.78 is 11.8. The summed E-state index contributed by atoms with van der Waals surface area (Å²) in [6.45, 7) is 0. The molecular formula is C32H18Cl2N2O4. The number of aromatic nitrogens is 2. The molecular weight excluding hydrogens is 547 g/mol. The van der Waals surface area contributed by atoms with Gasteiger partial charge in [0.15, 0.2) is 10.9 Å². The van der Waals surface area contributed by atoms with Gasteiger partial charge in [0, 0.05) is 31.6 Å². The van der Waals surface area contributed by atoms with Gasteiger partial charge in [-0.05, 0) is 97.1 Å². The summed E-state index contributed by atoms with van der Waals surface area (Å²) in [4.78, 5) is 33.7. The lowest BCUT2D eigenvalue weighted by Gasteiger charge is -2.10. The van der Waals surface area contributed by atoms with Crippen LogP contribution in [0.25, 0.3) is 43.6 Å². The molecule has 0 bridgehead atoms. The fourth-order valence-electron chi connectivity index (χ4n) is 4.81. The predicted octanol–water partition coefficient (Wildman–Crippen LogP) is 8.57. The minimum absolute atomic E-state index is 0.167. The summed E-state index contributed by atoms with van der Waals surface area (Å²) in [6, 6.07) is 28.0. The first-order chi connectivity index (χ1) is 19.4. The van der Waals surface area contributed by atoms with E-state index in [0.717, 1.165) is 0 Å². The van der Waals surface area contributed by atoms with Gasteiger partial charge in [-0.1, -0.05) is 23.2 Å². The predicted molar refractivity (Wildman–Crippen MR) is 161 cm³/mol. The van der Waals surface area contributed by atoms with Crippen molar-refractivity contribution in [1.29, 1.82) is 0 Å². The van der Waals surface area contributed by atoms with Gasteiger partial charge in [0.25, 0.3) is 0 Å². The van der Waals surface area contributed by atoms with Crippen molar-refractivity contribution in [3.8, 4) is 23.0 Å². The van der Waals surface area contributed by atoms with Crippen LogP contribution in [-0.4, -0.2) is 9.97 Å². The fraction of sp³-hybridized carbons (Fsp3) is 0. The van der Waals surface area contributed by atoms with Crippen molar-refractivity contribution >= 4 is 66.8 Å². The van der Waals surface area contributed by atoms with Crippen LogP contribution < -0.4 is 20.3 Å². The molecule has 2 N–H and O–H groups in total. The van der Waals surface area contributed by atoms with E-state index in [-0.39, 0.29) is 10.9 Å². The van der Waals surface area contributed by atoms with E-state index in [1.807, 2.05) is 0 Å². The number of aromatic amines is 2. The highest BCUT2D eigenvalue weighted by atomic mass is 35.5. The van der Waals surface area contributed by atoms with Gasteiger partial charge in [-0.3, -0.25) is 9.59 Å². The summed E-state index contributed by atoms with van der Waals surface area (Å²) in [6.07, 6.45) is 0. The number of benzene rings is 5. The molecule has 40 heavy (non-hydrogen) atoms. The molecule has 2 heterocycles. The molecule has 0 radical (unpaired) electrons. The maximum atomic E-state index is 13.6. The number of halogens is 2. The highest BCUT2D eigenvalue weighted by Crippen LogP contribution is 2.29. The standard InChI is InChI=1S/C32H18Cl2N2O4/c33-17-1-5-19(6-2-17)39-21-9-11-27-23(13-21)31(37)25-15-30-26(16-29(25)35-27)32(38)24-14-22(10-12-28(24)36-30)40-20-7-3-18(34)4-8-20/h1-16H,(H,35,37)(H,36,38). The van der Waals surface area contributed by atoms with E-state index in [1.54, 1.807) is 97.1 Å². The minimum atomic E-state index is -0.167. The van der Waals surface area contributed by atoms with Crippen LogP contribution >= 0.6 is 23.2 Å². The van der Waals surface area contributed by atoms with Gasteiger partial charge >= 0.3 is 0 Å². The average Bonchev–Trinajstić information content (AvgIpc) is 2.96. The summed E-state index contributed by atoms with van der Waals surface area (Å²) in [5.41, 5.74) is 2.07. The maximum absolute atomic E-state index is 13.6. The zero-order valence-corrected chi connectivity index (χ0v) is 22.1. The molecule has 0 aliphatic heterocycles. The normalized spacial score (nSPS) is 11.4. The van der Waals surface area contributed by atoms with E-state index in [0.29, 0.717) is 76.7 Å². The first kappa shape index (κ1) is 24.3. The quantitative estimate of drug-likeness (QED) is 0.210. The molecule has 0 atom stereocenters. The number of hydrogen-bond acceptors (Lipinski definition) is 4. The Kier molecular flexibility index (Phi) is 5.73. The third-order valence-corrected chi connectivity index (χ3v) is 7.26. The van der Waals surface area contributed by atoms with Crippen LogP contribution in [0.2, 0.25) is 10.0 Å². The van der Waals surface area contributed by atoms with Crippen molar-refractivity contribution in [1.82, 2.24) is 9.97 Å². The number of H-pyrrole nitrogens is 2. The Bertz CT molecular complexity index is 2060. The summed E-state index contributed by atoms with van der Waals surface area (Å²) in [5.74, 6) is 2.27. The van der Waals surface area contributed by atoms with Crippen molar-refractivity contribution < 1.29 is 9.47 Å². The molecule has 2 aromatic heterocycles. The van der Waals surface area contributed by atoms with E-state index in [4.69, 9.17) is 32.7 Å². The molecule has 7 aromatic rings. The first-order valence-corrected chi connectivity index (χ1v) is 13.1. The lowest BCUT2D eigenvalue weighted by molar-refractivity contribution is 0.483. The number of pyridine rings is 2. The van der Waals surface area contributed by atoms with Gasteiger partial charge in [-0.25, -0.2) is 0 Å². The van der Waals surface area contributed by atoms with Gasteiger partial charge in [-0.2, -0.15) is 0 Å². The molecule has 8 heteroatoms. The molecule has 6 nitrogen and oxygen atoms in total. The number of fused-ring (bicyclic) bond motifs is 4. The first-order valence-electron chi connectivity index (χ1n) is 12.4. The SMILES string of the molecule is O=c1c2cc(Oc3ccc(Cl)cc3)ccc2[nH]c2cc3c(=O)c4cc(Oc5ccc(Cl)cc5)ccc4[nH]c3cc12. The second kappa shape index (κ2) is 9.45. The average molecular weight is 565 g/mol. The molecule has 0 spiro atoms. The third kappa shape index (κ3) is 4.33. The number of hydrogen-bond donors (Lipinski definition) is 2. The largest absolute Gasteiger partial charge is 0.457 e. The topological polar surface area (TPSA) is 84.2 Å². The van der Waals surface area contributed by atoms with Crippen LogP contribution in [0.5, 0.6) is 23.0 Å². The van der Waals surface area contributed by atoms with Crippen LogP contribution in [-0.2, 0) is 0 Å². The number of nitrogens with one attached hydrogen (secondary N) is 2. The van der Waals surface area contributed by atoms with E-state index in [1.165, 1.54) is 0 Å². The smallest absolute Gasteiger partial charge is 0.197 e. The Balaban J connectivity index is 1.33. The summed E-state index contributed by atoms with van der Waals surface area (Å²) in [5, 5.41) is 3.09. The van der Waals surface area contributed by atoms with Crippen molar-refractivity contribution in [2.75, 3.05) is 0 Å². The van der Waals surface area contributed by atoms with Crippen LogP contribution in [0.3, 0.4) is 0 Å². The highest BCUT2D eigenvalue weighted by molar-refractivity contribution is 6.30. The fourth-order valence-corrected chi connectivity index (χ4v) is 5.06. The van der Waals surface area contributed by atoms with Crippen LogP contribution in [0.1, 0.15) is 0 Å². The summed E-state index contributed by atoms with van der Waals surface area (Å²) in [7, 11) is 0. The molecule has 0 fully saturated rings. The maximum Gasteiger partial charge on any atom is 0.197 e. The van der Waals surface area contributed by atoms with Crippen molar-refractivity contribution in [3.63, 3.8) is 0 Å². The third-order valence-electron chi connectivity index (χ3n) is 6.76. The monoisotopic (exact) mass is 564 g/mol. The van der Waals surface area contributed by atoms with Crippen LogP contribution in [0.15, 0.2) is 107 Å². The Labute approximate surface area is 236 Å². The Morgan fingerprint density at radius 3 is 1.18 bits per heavy atom. The molecule has 194 valence electrons. The van der Waals surface area contributed by atoms with E-state index < -0.39 is 0 Å². The van der Waals surface area contributed by atoms with E-state index in [2.05, 4.69) is 9.97 Å². The zero-order chi connectivity index (χ0) is 27.4. The zero-order valence-electron chi connectivity index (χ0n) is 20.6.